The van der Waals surface area contributed by atoms with Crippen LogP contribution in [0.15, 0.2) is 18.2 Å². The van der Waals surface area contributed by atoms with Gasteiger partial charge in [0.2, 0.25) is 5.91 Å². The summed E-state index contributed by atoms with van der Waals surface area (Å²) >= 11 is 10.6. The zero-order chi connectivity index (χ0) is 16.7. The molecule has 1 saturated heterocycles. The highest BCUT2D eigenvalue weighted by Crippen LogP contribution is 2.64. The molecular formula is C19H24ClNOS2. The minimum absolute atomic E-state index is 0.160. The van der Waals surface area contributed by atoms with Crippen molar-refractivity contribution in [2.24, 2.45) is 17.8 Å². The molecule has 1 aromatic rings. The summed E-state index contributed by atoms with van der Waals surface area (Å²) in [6.45, 7) is 1.98. The minimum atomic E-state index is 0.160. The molecule has 1 spiro atoms. The van der Waals surface area contributed by atoms with Crippen LogP contribution in [-0.4, -0.2) is 21.5 Å². The Morgan fingerprint density at radius 1 is 1.21 bits per heavy atom. The Kier molecular flexibility index (Phi) is 4.83. The van der Waals surface area contributed by atoms with Gasteiger partial charge in [0.15, 0.2) is 0 Å². The fourth-order valence-corrected chi connectivity index (χ4v) is 8.86. The van der Waals surface area contributed by atoms with Crippen molar-refractivity contribution in [3.8, 4) is 0 Å². The molecule has 5 heteroatoms. The third-order valence-corrected chi connectivity index (χ3v) is 10.4. The van der Waals surface area contributed by atoms with Crippen LogP contribution >= 0.6 is 35.1 Å². The van der Waals surface area contributed by atoms with Crippen LogP contribution in [0.5, 0.6) is 0 Å². The van der Waals surface area contributed by atoms with Crippen molar-refractivity contribution < 1.29 is 4.79 Å². The van der Waals surface area contributed by atoms with Crippen LogP contribution in [0.25, 0.3) is 0 Å². The number of carbonyl (C=O) groups is 1. The van der Waals surface area contributed by atoms with Crippen LogP contribution in [0.4, 0.5) is 5.69 Å². The quantitative estimate of drug-likeness (QED) is 0.723. The second-order valence-corrected chi connectivity index (χ2v) is 10.8. The number of hydrogen-bond acceptors (Lipinski definition) is 3. The van der Waals surface area contributed by atoms with E-state index in [0.29, 0.717) is 20.9 Å². The number of halogens is 1. The van der Waals surface area contributed by atoms with Gasteiger partial charge in [-0.15, -0.1) is 23.5 Å². The van der Waals surface area contributed by atoms with Crippen molar-refractivity contribution in [1.29, 1.82) is 0 Å². The SMILES string of the molecule is Cc1ccc(NC(=O)C2C[C@H]3CCC[C@@H](C2)C32SCCS2)cc1Cl. The Labute approximate surface area is 157 Å². The van der Waals surface area contributed by atoms with E-state index in [4.69, 9.17) is 11.6 Å². The topological polar surface area (TPSA) is 29.1 Å². The molecule has 0 aromatic heterocycles. The molecule has 2 nitrogen and oxygen atoms in total. The second kappa shape index (κ2) is 6.77. The number of nitrogens with one attached hydrogen (secondary N) is 1. The van der Waals surface area contributed by atoms with Gasteiger partial charge in [0.25, 0.3) is 0 Å². The van der Waals surface area contributed by atoms with Gasteiger partial charge in [-0.05, 0) is 62.1 Å². The van der Waals surface area contributed by atoms with Crippen molar-refractivity contribution >= 4 is 46.7 Å². The van der Waals surface area contributed by atoms with Crippen molar-refractivity contribution in [2.75, 3.05) is 16.8 Å². The zero-order valence-electron chi connectivity index (χ0n) is 14.0. The molecule has 4 rings (SSSR count). The zero-order valence-corrected chi connectivity index (χ0v) is 16.4. The largest absolute Gasteiger partial charge is 0.326 e. The molecular weight excluding hydrogens is 358 g/mol. The number of anilines is 1. The molecule has 1 N–H and O–H groups in total. The maximum absolute atomic E-state index is 12.8. The predicted molar refractivity (Wildman–Crippen MR) is 106 cm³/mol. The third kappa shape index (κ3) is 2.99. The summed E-state index contributed by atoms with van der Waals surface area (Å²) in [5.41, 5.74) is 1.87. The van der Waals surface area contributed by atoms with Gasteiger partial charge < -0.3 is 5.32 Å². The van der Waals surface area contributed by atoms with E-state index in [1.807, 2.05) is 25.1 Å². The lowest BCUT2D eigenvalue weighted by Crippen LogP contribution is -2.48. The van der Waals surface area contributed by atoms with E-state index < -0.39 is 0 Å². The van der Waals surface area contributed by atoms with Gasteiger partial charge >= 0.3 is 0 Å². The number of thioether (sulfide) groups is 2. The number of amides is 1. The molecule has 1 aromatic carbocycles. The summed E-state index contributed by atoms with van der Waals surface area (Å²) in [7, 11) is 0. The normalized spacial score (nSPS) is 31.2. The van der Waals surface area contributed by atoms with E-state index >= 15 is 0 Å². The molecule has 2 aliphatic carbocycles. The van der Waals surface area contributed by atoms with Crippen LogP contribution < -0.4 is 5.32 Å². The minimum Gasteiger partial charge on any atom is -0.326 e. The van der Waals surface area contributed by atoms with Crippen molar-refractivity contribution in [3.05, 3.63) is 28.8 Å². The molecule has 1 heterocycles. The molecule has 1 amide bonds. The highest BCUT2D eigenvalue weighted by molar-refractivity contribution is 8.21. The van der Waals surface area contributed by atoms with Gasteiger partial charge in [0.1, 0.15) is 0 Å². The number of benzene rings is 1. The lowest BCUT2D eigenvalue weighted by Gasteiger charge is -2.52. The van der Waals surface area contributed by atoms with E-state index in [-0.39, 0.29) is 11.8 Å². The first kappa shape index (κ1) is 17.1. The van der Waals surface area contributed by atoms with E-state index in [9.17, 15) is 4.79 Å². The lowest BCUT2D eigenvalue weighted by atomic mass is 9.67. The van der Waals surface area contributed by atoms with Crippen LogP contribution in [-0.2, 0) is 4.79 Å². The average Bonchev–Trinajstić information content (AvgIpc) is 3.00. The van der Waals surface area contributed by atoms with Gasteiger partial charge in [0.05, 0.1) is 4.08 Å². The highest BCUT2D eigenvalue weighted by atomic mass is 35.5. The molecule has 2 saturated carbocycles. The molecule has 3 aliphatic rings. The maximum Gasteiger partial charge on any atom is 0.227 e. The Hall–Kier alpha value is -0.320. The Morgan fingerprint density at radius 2 is 1.88 bits per heavy atom. The van der Waals surface area contributed by atoms with Gasteiger partial charge in [-0.25, -0.2) is 0 Å². The average molecular weight is 382 g/mol. The summed E-state index contributed by atoms with van der Waals surface area (Å²) in [6.07, 6.45) is 6.07. The third-order valence-electron chi connectivity index (χ3n) is 5.93. The van der Waals surface area contributed by atoms with Gasteiger partial charge in [-0.1, -0.05) is 24.1 Å². The molecule has 1 unspecified atom stereocenters. The van der Waals surface area contributed by atoms with Crippen LogP contribution in [0, 0.1) is 24.7 Å². The molecule has 3 fully saturated rings. The first-order chi connectivity index (χ1) is 11.6. The fourth-order valence-electron chi connectivity index (χ4n) is 4.74. The molecule has 3 atom stereocenters. The summed E-state index contributed by atoms with van der Waals surface area (Å²) in [5.74, 6) is 4.34. The Morgan fingerprint density at radius 3 is 2.50 bits per heavy atom. The summed E-state index contributed by atoms with van der Waals surface area (Å²) in [5, 5.41) is 3.82. The number of hydrogen-bond donors (Lipinski definition) is 1. The predicted octanol–water partition coefficient (Wildman–Crippen LogP) is 5.59. The standard InChI is InChI=1S/C19H24ClNOS2/c1-12-5-6-16(11-17(12)20)21-18(22)13-9-14-3-2-4-15(10-13)19(14)23-7-8-24-19/h5-6,11,13-15H,2-4,7-10H2,1H3,(H,21,22)/t13?,14-,15+. The number of rotatable bonds is 2. The first-order valence-corrected chi connectivity index (χ1v) is 11.3. The Balaban J connectivity index is 1.47. The van der Waals surface area contributed by atoms with Crippen LogP contribution in [0.2, 0.25) is 5.02 Å². The Bertz CT molecular complexity index is 628. The van der Waals surface area contributed by atoms with Crippen LogP contribution in [0.3, 0.4) is 0 Å². The molecule has 1 aliphatic heterocycles. The monoisotopic (exact) mass is 381 g/mol. The molecule has 2 bridgehead atoms. The van der Waals surface area contributed by atoms with Crippen LogP contribution in [0.1, 0.15) is 37.7 Å². The fraction of sp³-hybridized carbons (Fsp3) is 0.632. The molecule has 0 radical (unpaired) electrons. The van der Waals surface area contributed by atoms with Gasteiger partial charge in [-0.3, -0.25) is 4.79 Å². The van der Waals surface area contributed by atoms with E-state index in [1.165, 1.54) is 30.8 Å². The number of carbonyl (C=O) groups excluding carboxylic acids is 1. The van der Waals surface area contributed by atoms with Gasteiger partial charge in [0, 0.05) is 28.1 Å². The van der Waals surface area contributed by atoms with Crippen molar-refractivity contribution in [3.63, 3.8) is 0 Å². The van der Waals surface area contributed by atoms with E-state index in [0.717, 1.165) is 24.1 Å². The molecule has 130 valence electrons. The summed E-state index contributed by atoms with van der Waals surface area (Å²) in [6, 6.07) is 5.78. The molecule has 24 heavy (non-hydrogen) atoms. The highest BCUT2D eigenvalue weighted by Gasteiger charge is 2.55. The first-order valence-electron chi connectivity index (χ1n) is 8.93. The van der Waals surface area contributed by atoms with E-state index in [1.54, 1.807) is 0 Å². The summed E-state index contributed by atoms with van der Waals surface area (Å²) < 4.78 is 0.433. The maximum atomic E-state index is 12.8. The number of aryl methyl sites for hydroxylation is 1. The summed E-state index contributed by atoms with van der Waals surface area (Å²) in [4.78, 5) is 12.8. The van der Waals surface area contributed by atoms with Gasteiger partial charge in [-0.2, -0.15) is 0 Å². The van der Waals surface area contributed by atoms with E-state index in [2.05, 4.69) is 28.8 Å². The van der Waals surface area contributed by atoms with Crippen molar-refractivity contribution in [2.45, 2.75) is 43.1 Å². The smallest absolute Gasteiger partial charge is 0.227 e. The van der Waals surface area contributed by atoms with Crippen molar-refractivity contribution in [1.82, 2.24) is 0 Å². The second-order valence-electron chi connectivity index (χ2n) is 7.36. The lowest BCUT2D eigenvalue weighted by molar-refractivity contribution is -0.122.